The van der Waals surface area contributed by atoms with E-state index < -0.39 is 46.6 Å². The van der Waals surface area contributed by atoms with Crippen molar-refractivity contribution in [3.05, 3.63) is 23.8 Å². The van der Waals surface area contributed by atoms with Crippen molar-refractivity contribution >= 4 is 22.7 Å². The number of allylic oxidation sites excluding steroid dienone is 4. The van der Waals surface area contributed by atoms with Gasteiger partial charge in [0, 0.05) is 17.3 Å². The maximum atomic E-state index is 16.9. The third kappa shape index (κ3) is 2.62. The summed E-state index contributed by atoms with van der Waals surface area (Å²) in [5, 5.41) is 10.8. The summed E-state index contributed by atoms with van der Waals surface area (Å²) in [6.07, 6.45) is 1.40. The van der Waals surface area contributed by atoms with Crippen LogP contribution in [-0.4, -0.2) is 40.0 Å². The lowest BCUT2D eigenvalue weighted by atomic mass is 9.45. The van der Waals surface area contributed by atoms with E-state index in [0.717, 1.165) is 0 Å². The lowest BCUT2D eigenvalue weighted by Gasteiger charge is -2.62. The Morgan fingerprint density at radius 1 is 1.31 bits per heavy atom. The molecular weight excluding hydrogens is 401 g/mol. The third-order valence-electron chi connectivity index (χ3n) is 8.42. The molecule has 0 bridgehead atoms. The van der Waals surface area contributed by atoms with Crippen LogP contribution >= 0.6 is 11.8 Å². The lowest BCUT2D eigenvalue weighted by Crippen LogP contribution is -2.68. The highest BCUT2D eigenvalue weighted by Crippen LogP contribution is 2.70. The molecule has 0 heterocycles. The maximum Gasteiger partial charge on any atom is 0.195 e. The molecule has 4 aliphatic rings. The second kappa shape index (κ2) is 6.71. The van der Waals surface area contributed by atoms with Gasteiger partial charge in [-0.05, 0) is 61.2 Å². The summed E-state index contributed by atoms with van der Waals surface area (Å²) in [6, 6.07) is -0.820. The van der Waals surface area contributed by atoms with E-state index in [1.54, 1.807) is 6.92 Å². The maximum absolute atomic E-state index is 16.9. The highest BCUT2D eigenvalue weighted by atomic mass is 32.2. The predicted molar refractivity (Wildman–Crippen MR) is 105 cm³/mol. The van der Waals surface area contributed by atoms with Crippen LogP contribution in [0.2, 0.25) is 0 Å². The van der Waals surface area contributed by atoms with Gasteiger partial charge in [0.2, 0.25) is 0 Å². The van der Waals surface area contributed by atoms with E-state index in [1.807, 2.05) is 13.8 Å². The van der Waals surface area contributed by atoms with Gasteiger partial charge < -0.3 is 5.11 Å². The van der Waals surface area contributed by atoms with Crippen molar-refractivity contribution in [2.75, 3.05) is 6.01 Å². The van der Waals surface area contributed by atoms with Gasteiger partial charge in [-0.25, -0.2) is 13.2 Å². The van der Waals surface area contributed by atoms with E-state index in [2.05, 4.69) is 0 Å². The smallest absolute Gasteiger partial charge is 0.195 e. The summed E-state index contributed by atoms with van der Waals surface area (Å²) in [6.45, 7) is 5.33. The standard InChI is InChI=1S/C22H27F3O3S/c1-11-6-13-14-8-16(24)15-7-12(26)4-5-21(15,3)22(14,25)17(27)9-20(13,2)18(11)19(28)29-10-23/h4-5,7,11,13-14,16-18,27H,6,8-10H2,1-3H3/t11-,13?,14+,16+,17+,18-,20+,21+,22+/m1/s1. The summed E-state index contributed by atoms with van der Waals surface area (Å²) in [4.78, 5) is 24.5. The molecule has 4 rings (SSSR count). The van der Waals surface area contributed by atoms with Crippen LogP contribution in [0.1, 0.15) is 40.0 Å². The minimum Gasteiger partial charge on any atom is -0.390 e. The van der Waals surface area contributed by atoms with Crippen LogP contribution in [0.5, 0.6) is 0 Å². The minimum absolute atomic E-state index is 0.0554. The van der Waals surface area contributed by atoms with E-state index >= 15 is 8.78 Å². The molecule has 0 aliphatic heterocycles. The van der Waals surface area contributed by atoms with Gasteiger partial charge in [0.1, 0.15) is 12.2 Å². The number of aliphatic hydroxyl groups excluding tert-OH is 1. The van der Waals surface area contributed by atoms with Gasteiger partial charge >= 0.3 is 0 Å². The average Bonchev–Trinajstić information content (AvgIpc) is 2.90. The van der Waals surface area contributed by atoms with E-state index in [9.17, 15) is 19.1 Å². The normalized spacial score (nSPS) is 51.1. The summed E-state index contributed by atoms with van der Waals surface area (Å²) < 4.78 is 45.0. The Morgan fingerprint density at radius 2 is 2.00 bits per heavy atom. The second-order valence-electron chi connectivity index (χ2n) is 9.71. The van der Waals surface area contributed by atoms with Crippen molar-refractivity contribution in [3.63, 3.8) is 0 Å². The fraction of sp³-hybridized carbons (Fsp3) is 0.727. The van der Waals surface area contributed by atoms with E-state index in [1.165, 1.54) is 18.2 Å². The van der Waals surface area contributed by atoms with Gasteiger partial charge in [-0.2, -0.15) is 0 Å². The fourth-order valence-electron chi connectivity index (χ4n) is 7.22. The van der Waals surface area contributed by atoms with Crippen molar-refractivity contribution in [2.24, 2.45) is 34.5 Å². The van der Waals surface area contributed by atoms with Gasteiger partial charge in [-0.15, -0.1) is 0 Å². The number of alkyl halides is 3. The Kier molecular flexibility index (Phi) is 4.90. The molecule has 3 fully saturated rings. The summed E-state index contributed by atoms with van der Waals surface area (Å²) >= 11 is 0.622. The SMILES string of the molecule is C[C@@H]1CC2[C@@H]3C[C@H](F)C4=CC(=O)C=C[C@]4(C)[C@@]3(F)[C@@H](O)C[C@]2(C)[C@H]1C(=O)SCF. The Bertz CT molecular complexity index is 813. The Balaban J connectivity index is 1.80. The third-order valence-corrected chi connectivity index (χ3v) is 9.07. The zero-order valence-electron chi connectivity index (χ0n) is 16.8. The molecule has 1 unspecified atom stereocenters. The first-order valence-electron chi connectivity index (χ1n) is 10.2. The number of hydrogen-bond donors (Lipinski definition) is 1. The molecule has 0 radical (unpaired) electrons. The molecule has 4 aliphatic carbocycles. The highest BCUT2D eigenvalue weighted by molar-refractivity contribution is 8.13. The number of carbonyl (C=O) groups excluding carboxylic acids is 2. The fourth-order valence-corrected chi connectivity index (χ4v) is 8.01. The first kappa shape index (κ1) is 21.2. The molecule has 9 atom stereocenters. The van der Waals surface area contributed by atoms with Gasteiger partial charge in [0.25, 0.3) is 0 Å². The van der Waals surface area contributed by atoms with Crippen molar-refractivity contribution in [3.8, 4) is 0 Å². The zero-order chi connectivity index (χ0) is 21.4. The second-order valence-corrected chi connectivity index (χ2v) is 10.6. The van der Waals surface area contributed by atoms with Gasteiger partial charge in [-0.3, -0.25) is 9.59 Å². The number of aliphatic hydroxyl groups is 1. The molecule has 160 valence electrons. The number of ketones is 1. The minimum atomic E-state index is -2.13. The molecule has 7 heteroatoms. The largest absolute Gasteiger partial charge is 0.390 e. The molecule has 0 amide bonds. The molecule has 1 N–H and O–H groups in total. The van der Waals surface area contributed by atoms with Gasteiger partial charge in [0.05, 0.1) is 6.10 Å². The molecule has 0 aromatic heterocycles. The van der Waals surface area contributed by atoms with Crippen molar-refractivity contribution in [1.82, 2.24) is 0 Å². The molecule has 0 saturated heterocycles. The molecule has 3 nitrogen and oxygen atoms in total. The van der Waals surface area contributed by atoms with E-state index in [0.29, 0.717) is 18.2 Å². The molecule has 0 spiro atoms. The Morgan fingerprint density at radius 3 is 2.66 bits per heavy atom. The van der Waals surface area contributed by atoms with Crippen LogP contribution in [0.25, 0.3) is 0 Å². The van der Waals surface area contributed by atoms with Crippen LogP contribution in [0.15, 0.2) is 23.8 Å². The van der Waals surface area contributed by atoms with Crippen LogP contribution < -0.4 is 0 Å². The van der Waals surface area contributed by atoms with Gasteiger partial charge in [0.15, 0.2) is 16.6 Å². The lowest BCUT2D eigenvalue weighted by molar-refractivity contribution is -0.201. The van der Waals surface area contributed by atoms with Crippen LogP contribution in [-0.2, 0) is 9.59 Å². The molecule has 0 aromatic carbocycles. The van der Waals surface area contributed by atoms with E-state index in [-0.39, 0.29) is 41.1 Å². The topological polar surface area (TPSA) is 54.4 Å². The quantitative estimate of drug-likeness (QED) is 0.710. The number of carbonyl (C=O) groups is 2. The predicted octanol–water partition coefficient (Wildman–Crippen LogP) is 4.35. The first-order valence-corrected chi connectivity index (χ1v) is 11.2. The monoisotopic (exact) mass is 428 g/mol. The average molecular weight is 429 g/mol. The van der Waals surface area contributed by atoms with Crippen molar-refractivity contribution in [1.29, 1.82) is 0 Å². The van der Waals surface area contributed by atoms with Crippen LogP contribution in [0, 0.1) is 34.5 Å². The summed E-state index contributed by atoms with van der Waals surface area (Å²) in [7, 11) is 0. The molecule has 3 saturated carbocycles. The van der Waals surface area contributed by atoms with Crippen molar-refractivity contribution < 1.29 is 27.9 Å². The number of hydrogen-bond acceptors (Lipinski definition) is 4. The summed E-state index contributed by atoms with van der Waals surface area (Å²) in [5.74, 6) is -2.07. The first-order chi connectivity index (χ1) is 13.5. The number of thioether (sulfide) groups is 1. The van der Waals surface area contributed by atoms with Crippen LogP contribution in [0.4, 0.5) is 13.2 Å². The van der Waals surface area contributed by atoms with Crippen LogP contribution in [0.3, 0.4) is 0 Å². The Labute approximate surface area is 173 Å². The number of fused-ring (bicyclic) bond motifs is 5. The zero-order valence-corrected chi connectivity index (χ0v) is 17.6. The molecule has 29 heavy (non-hydrogen) atoms. The molecular formula is C22H27F3O3S. The van der Waals surface area contributed by atoms with E-state index in [4.69, 9.17) is 0 Å². The number of halogens is 3. The van der Waals surface area contributed by atoms with Crippen molar-refractivity contribution in [2.45, 2.75) is 58.0 Å². The number of rotatable bonds is 2. The van der Waals surface area contributed by atoms with Gasteiger partial charge in [-0.1, -0.05) is 31.7 Å². The highest BCUT2D eigenvalue weighted by Gasteiger charge is 2.73. The Hall–Kier alpha value is -1.08. The summed E-state index contributed by atoms with van der Waals surface area (Å²) in [5.41, 5.74) is -4.17. The molecule has 0 aromatic rings.